The Labute approximate surface area is 89.9 Å². The van der Waals surface area contributed by atoms with Gasteiger partial charge < -0.3 is 15.2 Å². The zero-order valence-electron chi connectivity index (χ0n) is 9.29. The summed E-state index contributed by atoms with van der Waals surface area (Å²) in [6, 6.07) is 0. The van der Waals surface area contributed by atoms with Crippen molar-refractivity contribution in [2.24, 2.45) is 0 Å². The molecule has 0 aromatic carbocycles. The van der Waals surface area contributed by atoms with Crippen molar-refractivity contribution in [3.05, 3.63) is 18.2 Å². The van der Waals surface area contributed by atoms with Crippen molar-refractivity contribution in [2.45, 2.75) is 25.9 Å². The van der Waals surface area contributed by atoms with Crippen LogP contribution in [0.3, 0.4) is 0 Å². The fourth-order valence-corrected chi connectivity index (χ4v) is 1.35. The molecule has 1 heterocycles. The quantitative estimate of drug-likeness (QED) is 0.701. The van der Waals surface area contributed by atoms with E-state index in [1.54, 1.807) is 13.4 Å². The fraction of sp³-hybridized carbons (Fsp3) is 0.600. The second-order valence-electron chi connectivity index (χ2n) is 3.41. The number of rotatable bonds is 6. The summed E-state index contributed by atoms with van der Waals surface area (Å²) in [4.78, 5) is 15.2. The van der Waals surface area contributed by atoms with E-state index in [2.05, 4.69) is 15.6 Å². The van der Waals surface area contributed by atoms with Crippen LogP contribution in [0.1, 0.15) is 18.5 Å². The van der Waals surface area contributed by atoms with Gasteiger partial charge in [-0.3, -0.25) is 4.79 Å². The lowest BCUT2D eigenvalue weighted by Crippen LogP contribution is -2.17. The van der Waals surface area contributed by atoms with E-state index < -0.39 is 0 Å². The van der Waals surface area contributed by atoms with Gasteiger partial charge in [0.25, 0.3) is 0 Å². The third kappa shape index (κ3) is 4.12. The predicted octanol–water partition coefficient (Wildman–Crippen LogP) is 0.129. The summed E-state index contributed by atoms with van der Waals surface area (Å²) in [6.07, 6.45) is 5.21. The molecule has 0 atom stereocenters. The minimum Gasteiger partial charge on any atom is -0.359 e. The molecule has 1 amide bonds. The Balaban J connectivity index is 2.28. The number of aromatic nitrogens is 2. The Kier molecular flexibility index (Phi) is 4.83. The second kappa shape index (κ2) is 6.19. The molecule has 0 saturated heterocycles. The van der Waals surface area contributed by atoms with Gasteiger partial charge in [-0.1, -0.05) is 0 Å². The van der Waals surface area contributed by atoms with Crippen LogP contribution in [0.25, 0.3) is 0 Å². The van der Waals surface area contributed by atoms with E-state index in [1.807, 2.05) is 17.8 Å². The van der Waals surface area contributed by atoms with Crippen LogP contribution in [0.2, 0.25) is 0 Å². The van der Waals surface area contributed by atoms with Crippen molar-refractivity contribution >= 4 is 5.91 Å². The van der Waals surface area contributed by atoms with Crippen LogP contribution in [0.5, 0.6) is 0 Å². The lowest BCUT2D eigenvalue weighted by Gasteiger charge is -2.01. The van der Waals surface area contributed by atoms with Crippen molar-refractivity contribution in [1.82, 2.24) is 20.2 Å². The molecular formula is C10H18N4O. The summed E-state index contributed by atoms with van der Waals surface area (Å²) in [7, 11) is 3.55. The minimum absolute atomic E-state index is 0.0885. The van der Waals surface area contributed by atoms with Crippen molar-refractivity contribution in [1.29, 1.82) is 0 Å². The maximum atomic E-state index is 11.0. The summed E-state index contributed by atoms with van der Waals surface area (Å²) in [5.41, 5.74) is 1.03. The number of imidazole rings is 1. The number of aryl methyl sites for hydroxylation is 1. The lowest BCUT2D eigenvalue weighted by atomic mass is 10.3. The van der Waals surface area contributed by atoms with Crippen LogP contribution in [0.15, 0.2) is 12.5 Å². The van der Waals surface area contributed by atoms with Gasteiger partial charge in [-0.25, -0.2) is 4.98 Å². The zero-order chi connectivity index (χ0) is 11.1. The number of hydrogen-bond donors (Lipinski definition) is 2. The zero-order valence-corrected chi connectivity index (χ0v) is 9.29. The summed E-state index contributed by atoms with van der Waals surface area (Å²) in [6.45, 7) is 1.62. The molecule has 0 saturated carbocycles. The van der Waals surface area contributed by atoms with E-state index in [0.29, 0.717) is 6.42 Å². The van der Waals surface area contributed by atoms with Gasteiger partial charge >= 0.3 is 0 Å². The molecule has 0 aliphatic heterocycles. The molecule has 84 valence electrons. The van der Waals surface area contributed by atoms with Crippen LogP contribution < -0.4 is 10.6 Å². The summed E-state index contributed by atoms with van der Waals surface area (Å²) >= 11 is 0. The molecular weight excluding hydrogens is 192 g/mol. The minimum atomic E-state index is 0.0885. The second-order valence-corrected chi connectivity index (χ2v) is 3.41. The van der Waals surface area contributed by atoms with E-state index in [4.69, 9.17) is 0 Å². The number of carbonyl (C=O) groups excluding carboxylic acids is 1. The maximum Gasteiger partial charge on any atom is 0.219 e. The topological polar surface area (TPSA) is 59.0 Å². The van der Waals surface area contributed by atoms with Gasteiger partial charge in [0.1, 0.15) is 0 Å². The molecule has 5 heteroatoms. The van der Waals surface area contributed by atoms with Gasteiger partial charge in [-0.15, -0.1) is 0 Å². The van der Waals surface area contributed by atoms with Gasteiger partial charge in [0, 0.05) is 32.8 Å². The van der Waals surface area contributed by atoms with Crippen molar-refractivity contribution in [3.63, 3.8) is 0 Å². The van der Waals surface area contributed by atoms with E-state index in [1.165, 1.54) is 0 Å². The molecule has 0 unspecified atom stereocenters. The molecule has 0 aliphatic rings. The molecule has 2 N–H and O–H groups in total. The third-order valence-corrected chi connectivity index (χ3v) is 2.14. The highest BCUT2D eigenvalue weighted by molar-refractivity contribution is 5.75. The largest absolute Gasteiger partial charge is 0.359 e. The molecule has 5 nitrogen and oxygen atoms in total. The predicted molar refractivity (Wildman–Crippen MR) is 58.3 cm³/mol. The normalized spacial score (nSPS) is 10.3. The molecule has 0 aliphatic carbocycles. The van der Waals surface area contributed by atoms with Gasteiger partial charge in [-0.05, 0) is 13.5 Å². The first-order chi connectivity index (χ1) is 7.26. The number of hydrogen-bond acceptors (Lipinski definition) is 3. The van der Waals surface area contributed by atoms with Crippen molar-refractivity contribution in [2.75, 3.05) is 14.1 Å². The summed E-state index contributed by atoms with van der Waals surface area (Å²) in [5.74, 6) is 0.0885. The first-order valence-electron chi connectivity index (χ1n) is 5.12. The monoisotopic (exact) mass is 210 g/mol. The van der Waals surface area contributed by atoms with Gasteiger partial charge in [0.15, 0.2) is 0 Å². The molecule has 0 fully saturated rings. The van der Waals surface area contributed by atoms with Gasteiger partial charge in [-0.2, -0.15) is 0 Å². The highest BCUT2D eigenvalue weighted by Crippen LogP contribution is 1.99. The lowest BCUT2D eigenvalue weighted by molar-refractivity contribution is -0.120. The van der Waals surface area contributed by atoms with Crippen molar-refractivity contribution < 1.29 is 4.79 Å². The molecule has 1 aromatic rings. The van der Waals surface area contributed by atoms with E-state index in [0.717, 1.165) is 25.2 Å². The summed E-state index contributed by atoms with van der Waals surface area (Å²) < 4.78 is 2.01. The van der Waals surface area contributed by atoms with Crippen molar-refractivity contribution in [3.8, 4) is 0 Å². The molecule has 15 heavy (non-hydrogen) atoms. The average molecular weight is 210 g/mol. The number of carbonyl (C=O) groups is 1. The Morgan fingerprint density at radius 1 is 1.53 bits per heavy atom. The number of amides is 1. The van der Waals surface area contributed by atoms with Crippen LogP contribution in [0.4, 0.5) is 0 Å². The average Bonchev–Trinajstić information content (AvgIpc) is 2.66. The fourth-order valence-electron chi connectivity index (χ4n) is 1.35. The molecule has 1 aromatic heterocycles. The standard InChI is InChI=1S/C10H18N4O/c1-11-6-9-7-14(8-13-9)5-3-4-10(15)12-2/h7-8,11H,3-6H2,1-2H3,(H,12,15). The van der Waals surface area contributed by atoms with Crippen LogP contribution in [0, 0.1) is 0 Å². The Morgan fingerprint density at radius 2 is 2.33 bits per heavy atom. The van der Waals surface area contributed by atoms with Gasteiger partial charge in [0.2, 0.25) is 5.91 Å². The highest BCUT2D eigenvalue weighted by atomic mass is 16.1. The SMILES string of the molecule is CNCc1cn(CCCC(=O)NC)cn1. The Hall–Kier alpha value is -1.36. The molecule has 0 bridgehead atoms. The molecule has 1 rings (SSSR count). The molecule has 0 radical (unpaired) electrons. The number of nitrogens with zero attached hydrogens (tertiary/aromatic N) is 2. The van der Waals surface area contributed by atoms with E-state index in [9.17, 15) is 4.79 Å². The smallest absolute Gasteiger partial charge is 0.219 e. The van der Waals surface area contributed by atoms with Gasteiger partial charge in [0.05, 0.1) is 12.0 Å². The first kappa shape index (κ1) is 11.7. The van der Waals surface area contributed by atoms with E-state index >= 15 is 0 Å². The highest BCUT2D eigenvalue weighted by Gasteiger charge is 2.00. The number of nitrogens with one attached hydrogen (secondary N) is 2. The Morgan fingerprint density at radius 3 is 3.00 bits per heavy atom. The van der Waals surface area contributed by atoms with Crippen LogP contribution in [-0.4, -0.2) is 29.6 Å². The van der Waals surface area contributed by atoms with Crippen LogP contribution >= 0.6 is 0 Å². The van der Waals surface area contributed by atoms with E-state index in [-0.39, 0.29) is 5.91 Å². The first-order valence-corrected chi connectivity index (χ1v) is 5.12. The maximum absolute atomic E-state index is 11.0. The molecule has 0 spiro atoms. The third-order valence-electron chi connectivity index (χ3n) is 2.14. The Bertz CT molecular complexity index is 308. The summed E-state index contributed by atoms with van der Waals surface area (Å²) in [5, 5.41) is 5.64. The van der Waals surface area contributed by atoms with Crippen LogP contribution in [-0.2, 0) is 17.9 Å².